The molecule has 0 saturated heterocycles. The number of hydrogen-bond donors (Lipinski definition) is 1. The Kier molecular flexibility index (Phi) is 5.15. The molecule has 0 aliphatic carbocycles. The predicted molar refractivity (Wildman–Crippen MR) is 78.1 cm³/mol. The van der Waals surface area contributed by atoms with Gasteiger partial charge in [-0.25, -0.2) is 9.37 Å². The van der Waals surface area contributed by atoms with Crippen LogP contribution in [0.5, 0.6) is 0 Å². The molecule has 2 N–H and O–H groups in total. The Balaban J connectivity index is 2.09. The monoisotopic (exact) mass is 296 g/mol. The minimum atomic E-state index is -0.275. The Bertz CT molecular complexity index is 546. The van der Waals surface area contributed by atoms with Gasteiger partial charge in [-0.15, -0.1) is 0 Å². The van der Waals surface area contributed by atoms with E-state index in [2.05, 4.69) is 24.1 Å². The summed E-state index contributed by atoms with van der Waals surface area (Å²) < 4.78 is 15.8. The summed E-state index contributed by atoms with van der Waals surface area (Å²) in [5, 5.41) is 2.67. The first kappa shape index (κ1) is 15.0. The fourth-order valence-corrected chi connectivity index (χ4v) is 2.30. The van der Waals surface area contributed by atoms with Gasteiger partial charge in [0.1, 0.15) is 12.4 Å². The summed E-state index contributed by atoms with van der Waals surface area (Å²) in [5.74, 6) is 1.30. The third kappa shape index (κ3) is 3.81. The zero-order chi connectivity index (χ0) is 14.5. The van der Waals surface area contributed by atoms with Gasteiger partial charge in [0.25, 0.3) is 0 Å². The smallest absolute Gasteiger partial charge is 0.164 e. The van der Waals surface area contributed by atoms with Crippen molar-refractivity contribution in [2.24, 2.45) is 5.92 Å². The van der Waals surface area contributed by atoms with Gasteiger partial charge in [-0.05, 0) is 12.1 Å². The van der Waals surface area contributed by atoms with Crippen LogP contribution in [0.2, 0.25) is 5.02 Å². The number of nitrogens with zero attached hydrogens (tertiary/aromatic N) is 2. The van der Waals surface area contributed by atoms with Crippen LogP contribution in [0.3, 0.4) is 0 Å². The van der Waals surface area contributed by atoms with E-state index in [-0.39, 0.29) is 5.82 Å². The molecule has 0 unspecified atom stereocenters. The van der Waals surface area contributed by atoms with Crippen molar-refractivity contribution < 1.29 is 9.71 Å². The number of imidazole rings is 1. The molecule has 1 aromatic heterocycles. The van der Waals surface area contributed by atoms with Crippen molar-refractivity contribution in [2.45, 2.75) is 26.9 Å². The normalized spacial score (nSPS) is 11.2. The van der Waals surface area contributed by atoms with E-state index in [9.17, 15) is 4.39 Å². The number of nitrogens with two attached hydrogens (primary N) is 1. The molecule has 1 aromatic carbocycles. The molecule has 0 saturated carbocycles. The highest BCUT2D eigenvalue weighted by atomic mass is 35.5. The van der Waals surface area contributed by atoms with E-state index >= 15 is 0 Å². The third-order valence-corrected chi connectivity index (χ3v) is 3.51. The van der Waals surface area contributed by atoms with Crippen LogP contribution in [0.1, 0.15) is 25.2 Å². The van der Waals surface area contributed by atoms with Crippen LogP contribution >= 0.6 is 11.6 Å². The second-order valence-corrected chi connectivity index (χ2v) is 5.70. The summed E-state index contributed by atoms with van der Waals surface area (Å²) in [7, 11) is 0. The summed E-state index contributed by atoms with van der Waals surface area (Å²) in [6, 6.07) is 4.76. The number of rotatable bonds is 6. The summed E-state index contributed by atoms with van der Waals surface area (Å²) >= 11 is 6.06. The molecule has 0 bridgehead atoms. The second kappa shape index (κ2) is 6.86. The average molecular weight is 297 g/mol. The zero-order valence-electron chi connectivity index (χ0n) is 11.8. The summed E-state index contributed by atoms with van der Waals surface area (Å²) in [5.41, 5.74) is 0.511. The molecule has 3 nitrogen and oxygen atoms in total. The molecule has 0 aliphatic heterocycles. The summed E-state index contributed by atoms with van der Waals surface area (Å²) in [6.07, 6.45) is 3.61. The lowest BCUT2D eigenvalue weighted by Crippen LogP contribution is -2.83. The summed E-state index contributed by atoms with van der Waals surface area (Å²) in [4.78, 5) is 4.33. The molecule has 0 amide bonds. The molecule has 2 aromatic rings. The molecule has 2 rings (SSSR count). The first-order valence-electron chi connectivity index (χ1n) is 6.82. The van der Waals surface area contributed by atoms with E-state index in [1.807, 2.05) is 10.8 Å². The Labute approximate surface area is 123 Å². The first-order valence-corrected chi connectivity index (χ1v) is 7.20. The quantitative estimate of drug-likeness (QED) is 0.873. The molecule has 5 heteroatoms. The van der Waals surface area contributed by atoms with Gasteiger partial charge in [0.05, 0.1) is 13.1 Å². The number of hydrogen-bond acceptors (Lipinski definition) is 1. The van der Waals surface area contributed by atoms with Gasteiger partial charge in [0.15, 0.2) is 5.82 Å². The zero-order valence-corrected chi connectivity index (χ0v) is 12.6. The molecule has 0 aliphatic rings. The van der Waals surface area contributed by atoms with Crippen molar-refractivity contribution in [1.29, 1.82) is 0 Å². The van der Waals surface area contributed by atoms with Crippen LogP contribution in [0.4, 0.5) is 4.39 Å². The van der Waals surface area contributed by atoms with Gasteiger partial charge >= 0.3 is 0 Å². The van der Waals surface area contributed by atoms with Gasteiger partial charge in [-0.2, -0.15) is 0 Å². The van der Waals surface area contributed by atoms with Crippen molar-refractivity contribution in [3.05, 3.63) is 52.8 Å². The lowest BCUT2D eigenvalue weighted by Gasteiger charge is -2.10. The fraction of sp³-hybridized carbons (Fsp3) is 0.400. The molecule has 1 heterocycles. The SMILES string of the molecule is CC(C)C[NH2+]Cc1nccn1Cc1c(F)cccc1Cl. The maximum absolute atomic E-state index is 13.8. The number of halogens is 2. The summed E-state index contributed by atoms with van der Waals surface area (Å²) in [6.45, 7) is 6.62. The van der Waals surface area contributed by atoms with Crippen molar-refractivity contribution >= 4 is 11.6 Å². The van der Waals surface area contributed by atoms with E-state index in [1.165, 1.54) is 6.07 Å². The maximum Gasteiger partial charge on any atom is 0.164 e. The average Bonchev–Trinajstić information content (AvgIpc) is 2.81. The molecule has 20 heavy (non-hydrogen) atoms. The molecule has 108 valence electrons. The van der Waals surface area contributed by atoms with Crippen LogP contribution < -0.4 is 5.32 Å². The maximum atomic E-state index is 13.8. The van der Waals surface area contributed by atoms with Gasteiger partial charge in [-0.3, -0.25) is 0 Å². The highest BCUT2D eigenvalue weighted by Crippen LogP contribution is 2.20. The molecular weight excluding hydrogens is 277 g/mol. The van der Waals surface area contributed by atoms with E-state index < -0.39 is 0 Å². The van der Waals surface area contributed by atoms with E-state index in [1.54, 1.807) is 18.3 Å². The number of benzene rings is 1. The number of aromatic nitrogens is 2. The lowest BCUT2D eigenvalue weighted by atomic mass is 10.2. The highest BCUT2D eigenvalue weighted by molar-refractivity contribution is 6.31. The van der Waals surface area contributed by atoms with Gasteiger partial charge in [-0.1, -0.05) is 31.5 Å². The Hall–Kier alpha value is -1.39. The van der Waals surface area contributed by atoms with Crippen molar-refractivity contribution in [3.63, 3.8) is 0 Å². The highest BCUT2D eigenvalue weighted by Gasteiger charge is 2.11. The van der Waals surface area contributed by atoms with Crippen LogP contribution in [-0.4, -0.2) is 16.1 Å². The molecular formula is C15H20ClFN3+. The van der Waals surface area contributed by atoms with Gasteiger partial charge in [0.2, 0.25) is 0 Å². The van der Waals surface area contributed by atoms with Gasteiger partial charge < -0.3 is 9.88 Å². The Morgan fingerprint density at radius 3 is 2.90 bits per heavy atom. The predicted octanol–water partition coefficient (Wildman–Crippen LogP) is 2.44. The van der Waals surface area contributed by atoms with Gasteiger partial charge in [0, 0.05) is 28.9 Å². The van der Waals surface area contributed by atoms with E-state index in [0.29, 0.717) is 23.0 Å². The van der Waals surface area contributed by atoms with Crippen molar-refractivity contribution in [1.82, 2.24) is 9.55 Å². The molecule has 0 radical (unpaired) electrons. The topological polar surface area (TPSA) is 34.4 Å². The fourth-order valence-electron chi connectivity index (χ4n) is 2.07. The largest absolute Gasteiger partial charge is 0.340 e. The van der Waals surface area contributed by atoms with E-state index in [4.69, 9.17) is 11.6 Å². The van der Waals surface area contributed by atoms with Crippen molar-refractivity contribution in [2.75, 3.05) is 6.54 Å². The first-order chi connectivity index (χ1) is 9.58. The Morgan fingerprint density at radius 1 is 1.40 bits per heavy atom. The van der Waals surface area contributed by atoms with Crippen LogP contribution in [-0.2, 0) is 13.1 Å². The Morgan fingerprint density at radius 2 is 2.20 bits per heavy atom. The van der Waals surface area contributed by atoms with Crippen LogP contribution in [0.25, 0.3) is 0 Å². The van der Waals surface area contributed by atoms with E-state index in [0.717, 1.165) is 18.9 Å². The lowest BCUT2D eigenvalue weighted by molar-refractivity contribution is -0.676. The standard InChI is InChI=1S/C15H19ClFN3/c1-11(2)8-18-9-15-19-6-7-20(15)10-12-13(16)4-3-5-14(12)17/h3-7,11,18H,8-10H2,1-2H3/p+1. The second-order valence-electron chi connectivity index (χ2n) is 5.29. The third-order valence-electron chi connectivity index (χ3n) is 3.16. The minimum Gasteiger partial charge on any atom is -0.340 e. The molecule has 0 atom stereocenters. The molecule has 0 fully saturated rings. The minimum absolute atomic E-state index is 0.275. The van der Waals surface area contributed by atoms with Crippen LogP contribution in [0, 0.1) is 11.7 Å². The van der Waals surface area contributed by atoms with Crippen molar-refractivity contribution in [3.8, 4) is 0 Å². The molecule has 0 spiro atoms. The number of quaternary nitrogens is 1. The van der Waals surface area contributed by atoms with Crippen LogP contribution in [0.15, 0.2) is 30.6 Å².